The molecule has 0 unspecified atom stereocenters. The fraction of sp³-hybridized carbons (Fsp3) is 0.533. The van der Waals surface area contributed by atoms with Gasteiger partial charge in [0.25, 0.3) is 0 Å². The number of carbonyl (C=O) groups excluding carboxylic acids is 1. The maximum absolute atomic E-state index is 12.1. The largest absolute Gasteiger partial charge is 0.493 e. The minimum absolute atomic E-state index is 0.249. The Kier molecular flexibility index (Phi) is 7.15. The summed E-state index contributed by atoms with van der Waals surface area (Å²) >= 11 is 0. The summed E-state index contributed by atoms with van der Waals surface area (Å²) in [5.74, 6) is 0.549. The zero-order valence-corrected chi connectivity index (χ0v) is 15.4. The van der Waals surface area contributed by atoms with Gasteiger partial charge in [0, 0.05) is 18.7 Å². The molecular formula is C15H24N2O6S. The van der Waals surface area contributed by atoms with Gasteiger partial charge >= 0.3 is 0 Å². The minimum Gasteiger partial charge on any atom is -0.493 e. The number of hydrogen-bond acceptors (Lipinski definition) is 6. The van der Waals surface area contributed by atoms with Crippen LogP contribution in [0.1, 0.15) is 13.3 Å². The Bertz CT molecular complexity index is 650. The van der Waals surface area contributed by atoms with E-state index in [1.165, 1.54) is 33.5 Å². The molecule has 24 heavy (non-hydrogen) atoms. The van der Waals surface area contributed by atoms with Crippen LogP contribution in [0, 0.1) is 0 Å². The first-order valence-electron chi connectivity index (χ1n) is 7.32. The van der Waals surface area contributed by atoms with E-state index in [0.717, 1.165) is 17.0 Å². The number of anilines is 1. The fourth-order valence-electron chi connectivity index (χ4n) is 2.06. The Morgan fingerprint density at radius 1 is 1.12 bits per heavy atom. The highest BCUT2D eigenvalue weighted by Gasteiger charge is 2.24. The van der Waals surface area contributed by atoms with Crippen LogP contribution in [0.4, 0.5) is 5.69 Å². The van der Waals surface area contributed by atoms with Crippen molar-refractivity contribution < 1.29 is 27.4 Å². The van der Waals surface area contributed by atoms with Gasteiger partial charge in [0.15, 0.2) is 11.5 Å². The van der Waals surface area contributed by atoms with Crippen molar-refractivity contribution in [1.29, 1.82) is 0 Å². The Labute approximate surface area is 142 Å². The van der Waals surface area contributed by atoms with Gasteiger partial charge in [0.05, 0.1) is 33.3 Å². The van der Waals surface area contributed by atoms with Crippen molar-refractivity contribution in [2.45, 2.75) is 13.3 Å². The second kappa shape index (κ2) is 8.62. The molecule has 1 aromatic carbocycles. The monoisotopic (exact) mass is 360 g/mol. The molecule has 9 heteroatoms. The normalized spacial score (nSPS) is 10.9. The van der Waals surface area contributed by atoms with Gasteiger partial charge in [-0.3, -0.25) is 9.10 Å². The van der Waals surface area contributed by atoms with Gasteiger partial charge in [0.2, 0.25) is 21.7 Å². The zero-order valence-electron chi connectivity index (χ0n) is 14.6. The number of hydrogen-bond donors (Lipinski definition) is 1. The van der Waals surface area contributed by atoms with E-state index in [9.17, 15) is 13.2 Å². The van der Waals surface area contributed by atoms with Crippen molar-refractivity contribution in [3.8, 4) is 17.2 Å². The van der Waals surface area contributed by atoms with E-state index in [0.29, 0.717) is 23.8 Å². The number of carbonyl (C=O) groups is 1. The smallest absolute Gasteiger partial charge is 0.240 e. The van der Waals surface area contributed by atoms with Gasteiger partial charge in [-0.25, -0.2) is 8.42 Å². The molecule has 0 aliphatic rings. The minimum atomic E-state index is -3.69. The van der Waals surface area contributed by atoms with Crippen LogP contribution in [0.5, 0.6) is 17.2 Å². The van der Waals surface area contributed by atoms with Crippen molar-refractivity contribution in [3.63, 3.8) is 0 Å². The van der Waals surface area contributed by atoms with Crippen LogP contribution >= 0.6 is 0 Å². The van der Waals surface area contributed by atoms with Crippen LogP contribution in [0.25, 0.3) is 0 Å². The summed E-state index contributed by atoms with van der Waals surface area (Å²) in [6.07, 6.45) is 1.79. The number of nitrogens with zero attached hydrogens (tertiary/aromatic N) is 1. The molecule has 0 atom stereocenters. The molecule has 0 bridgehead atoms. The standard InChI is InChI=1S/C15H24N2O6S/c1-6-7-16-14(18)10-17(24(5,19)20)11-8-12(21-2)15(23-4)13(9-11)22-3/h8-9H,6-7,10H2,1-5H3,(H,16,18). The lowest BCUT2D eigenvalue weighted by atomic mass is 10.2. The van der Waals surface area contributed by atoms with E-state index in [1.807, 2.05) is 6.92 Å². The Morgan fingerprint density at radius 3 is 2.04 bits per heavy atom. The third-order valence-corrected chi connectivity index (χ3v) is 4.34. The van der Waals surface area contributed by atoms with Gasteiger partial charge in [-0.15, -0.1) is 0 Å². The van der Waals surface area contributed by atoms with Gasteiger partial charge in [0.1, 0.15) is 6.54 Å². The predicted octanol–water partition coefficient (Wildman–Crippen LogP) is 1.00. The second-order valence-electron chi connectivity index (χ2n) is 5.00. The molecule has 0 fully saturated rings. The summed E-state index contributed by atoms with van der Waals surface area (Å²) in [4.78, 5) is 12.0. The van der Waals surface area contributed by atoms with E-state index < -0.39 is 15.9 Å². The van der Waals surface area contributed by atoms with Gasteiger partial charge < -0.3 is 19.5 Å². The lowest BCUT2D eigenvalue weighted by Gasteiger charge is -2.24. The summed E-state index contributed by atoms with van der Waals surface area (Å²) in [6, 6.07) is 2.96. The Balaban J connectivity index is 3.31. The van der Waals surface area contributed by atoms with E-state index in [-0.39, 0.29) is 12.2 Å². The molecule has 1 N–H and O–H groups in total. The molecule has 0 radical (unpaired) electrons. The number of rotatable bonds is 9. The summed E-state index contributed by atoms with van der Waals surface area (Å²) in [6.45, 7) is 2.05. The van der Waals surface area contributed by atoms with Crippen LogP contribution in [0.3, 0.4) is 0 Å². The molecule has 0 aromatic heterocycles. The van der Waals surface area contributed by atoms with Crippen molar-refractivity contribution in [2.24, 2.45) is 0 Å². The van der Waals surface area contributed by atoms with Crippen LogP contribution < -0.4 is 23.8 Å². The maximum Gasteiger partial charge on any atom is 0.240 e. The highest BCUT2D eigenvalue weighted by atomic mass is 32.2. The first kappa shape index (κ1) is 19.9. The highest BCUT2D eigenvalue weighted by molar-refractivity contribution is 7.92. The second-order valence-corrected chi connectivity index (χ2v) is 6.91. The molecule has 0 spiro atoms. The molecule has 136 valence electrons. The molecule has 0 saturated heterocycles. The predicted molar refractivity (Wildman–Crippen MR) is 91.6 cm³/mol. The molecule has 0 heterocycles. The molecule has 1 aromatic rings. The van der Waals surface area contributed by atoms with E-state index in [1.54, 1.807) is 0 Å². The number of nitrogens with one attached hydrogen (secondary N) is 1. The van der Waals surface area contributed by atoms with Crippen LogP contribution in [-0.2, 0) is 14.8 Å². The van der Waals surface area contributed by atoms with E-state index in [2.05, 4.69) is 5.32 Å². The number of benzene rings is 1. The fourth-order valence-corrected chi connectivity index (χ4v) is 2.90. The Morgan fingerprint density at radius 2 is 1.67 bits per heavy atom. The highest BCUT2D eigenvalue weighted by Crippen LogP contribution is 2.41. The zero-order chi connectivity index (χ0) is 18.3. The molecule has 0 aliphatic heterocycles. The third-order valence-electron chi connectivity index (χ3n) is 3.20. The number of ether oxygens (including phenoxy) is 3. The number of amides is 1. The van der Waals surface area contributed by atoms with Crippen molar-refractivity contribution >= 4 is 21.6 Å². The maximum atomic E-state index is 12.1. The van der Waals surface area contributed by atoms with E-state index in [4.69, 9.17) is 14.2 Å². The third kappa shape index (κ3) is 4.92. The van der Waals surface area contributed by atoms with Gasteiger partial charge in [-0.05, 0) is 6.42 Å². The van der Waals surface area contributed by atoms with Gasteiger partial charge in [-0.1, -0.05) is 6.92 Å². The molecule has 1 rings (SSSR count). The lowest BCUT2D eigenvalue weighted by Crippen LogP contribution is -2.40. The summed E-state index contributed by atoms with van der Waals surface area (Å²) in [7, 11) is 0.625. The number of methoxy groups -OCH3 is 3. The van der Waals surface area contributed by atoms with Crippen LogP contribution in [0.15, 0.2) is 12.1 Å². The van der Waals surface area contributed by atoms with Crippen LogP contribution in [0.2, 0.25) is 0 Å². The molecule has 0 saturated carbocycles. The summed E-state index contributed by atoms with van der Waals surface area (Å²) in [5.41, 5.74) is 0.249. The number of sulfonamides is 1. The first-order chi connectivity index (χ1) is 11.3. The van der Waals surface area contributed by atoms with E-state index >= 15 is 0 Å². The van der Waals surface area contributed by atoms with Crippen LogP contribution in [-0.4, -0.2) is 55.0 Å². The average molecular weight is 360 g/mol. The quantitative estimate of drug-likeness (QED) is 0.706. The molecule has 1 amide bonds. The lowest BCUT2D eigenvalue weighted by molar-refractivity contribution is -0.119. The molecule has 8 nitrogen and oxygen atoms in total. The molecular weight excluding hydrogens is 336 g/mol. The topological polar surface area (TPSA) is 94.2 Å². The SMILES string of the molecule is CCCNC(=O)CN(c1cc(OC)c(OC)c(OC)c1)S(C)(=O)=O. The summed E-state index contributed by atoms with van der Waals surface area (Å²) in [5, 5.41) is 2.65. The van der Waals surface area contributed by atoms with Gasteiger partial charge in [-0.2, -0.15) is 0 Å². The first-order valence-corrected chi connectivity index (χ1v) is 9.17. The van der Waals surface area contributed by atoms with Crippen molar-refractivity contribution in [2.75, 3.05) is 45.0 Å². The molecule has 0 aliphatic carbocycles. The summed E-state index contributed by atoms with van der Waals surface area (Å²) < 4.78 is 40.9. The average Bonchev–Trinajstić information content (AvgIpc) is 2.55. The van der Waals surface area contributed by atoms with Crippen molar-refractivity contribution in [1.82, 2.24) is 5.32 Å². The van der Waals surface area contributed by atoms with Crippen molar-refractivity contribution in [3.05, 3.63) is 12.1 Å². The Hall–Kier alpha value is -2.16.